The van der Waals surface area contributed by atoms with Crippen molar-refractivity contribution in [3.8, 4) is 0 Å². The second kappa shape index (κ2) is 7.48. The minimum Gasteiger partial charge on any atom is -0.376 e. The Morgan fingerprint density at radius 3 is 2.76 bits per heavy atom. The molecule has 0 bridgehead atoms. The van der Waals surface area contributed by atoms with Crippen LogP contribution in [0.25, 0.3) is 0 Å². The van der Waals surface area contributed by atoms with Crippen molar-refractivity contribution in [1.29, 1.82) is 0 Å². The van der Waals surface area contributed by atoms with E-state index in [2.05, 4.69) is 39.6 Å². The van der Waals surface area contributed by atoms with E-state index in [1.165, 1.54) is 5.56 Å². The summed E-state index contributed by atoms with van der Waals surface area (Å²) in [6.07, 6.45) is 0.900. The highest BCUT2D eigenvalue weighted by molar-refractivity contribution is 9.10. The Bertz CT molecular complexity index is 646. The molecule has 2 aromatic rings. The molecule has 0 saturated heterocycles. The Labute approximate surface area is 137 Å². The van der Waals surface area contributed by atoms with Crippen molar-refractivity contribution >= 4 is 44.8 Å². The van der Waals surface area contributed by atoms with Gasteiger partial charge in [-0.3, -0.25) is 4.79 Å². The van der Waals surface area contributed by atoms with Crippen LogP contribution in [0.5, 0.6) is 0 Å². The molecule has 2 N–H and O–H groups in total. The monoisotopic (exact) mass is 366 g/mol. The zero-order valence-electron chi connectivity index (χ0n) is 11.6. The Kier molecular flexibility index (Phi) is 5.65. The third-order valence-corrected chi connectivity index (χ3v) is 3.72. The van der Waals surface area contributed by atoms with Gasteiger partial charge >= 0.3 is 0 Å². The van der Waals surface area contributed by atoms with Crippen LogP contribution in [0, 0.1) is 0 Å². The molecule has 21 heavy (non-hydrogen) atoms. The Morgan fingerprint density at radius 2 is 2.05 bits per heavy atom. The fourth-order valence-electron chi connectivity index (χ4n) is 1.97. The largest absolute Gasteiger partial charge is 0.376 e. The van der Waals surface area contributed by atoms with Crippen molar-refractivity contribution in [2.45, 2.75) is 13.3 Å². The van der Waals surface area contributed by atoms with Gasteiger partial charge in [-0.25, -0.2) is 0 Å². The molecule has 0 aliphatic heterocycles. The molecule has 2 rings (SSSR count). The molecule has 0 aliphatic rings. The van der Waals surface area contributed by atoms with E-state index in [0.29, 0.717) is 10.7 Å². The average molecular weight is 368 g/mol. The summed E-state index contributed by atoms with van der Waals surface area (Å²) in [4.78, 5) is 11.9. The highest BCUT2D eigenvalue weighted by Crippen LogP contribution is 2.21. The lowest BCUT2D eigenvalue weighted by Gasteiger charge is -2.12. The molecule has 110 valence electrons. The summed E-state index contributed by atoms with van der Waals surface area (Å²) in [7, 11) is 0. The van der Waals surface area contributed by atoms with Gasteiger partial charge in [0.1, 0.15) is 0 Å². The van der Waals surface area contributed by atoms with Crippen LogP contribution in [0.2, 0.25) is 5.02 Å². The lowest BCUT2D eigenvalue weighted by molar-refractivity contribution is -0.114. The first-order valence-corrected chi connectivity index (χ1v) is 7.83. The van der Waals surface area contributed by atoms with Gasteiger partial charge in [-0.2, -0.15) is 0 Å². The smallest absolute Gasteiger partial charge is 0.243 e. The first-order chi connectivity index (χ1) is 10.1. The molecule has 0 unspecified atom stereocenters. The molecule has 1 amide bonds. The molecule has 0 atom stereocenters. The summed E-state index contributed by atoms with van der Waals surface area (Å²) in [5.41, 5.74) is 2.84. The van der Waals surface area contributed by atoms with Crippen LogP contribution in [0.4, 0.5) is 11.4 Å². The van der Waals surface area contributed by atoms with Gasteiger partial charge in [0.05, 0.1) is 6.54 Å². The Morgan fingerprint density at radius 1 is 1.24 bits per heavy atom. The summed E-state index contributed by atoms with van der Waals surface area (Å²) in [6, 6.07) is 13.1. The standard InChI is InChI=1S/C16H16BrClN2O/c1-2-11-8-12(17)6-7-15(11)19-10-16(21)20-14-5-3-4-13(18)9-14/h3-9,19H,2,10H2,1H3,(H,20,21). The fraction of sp³-hybridized carbons (Fsp3) is 0.188. The minimum absolute atomic E-state index is 0.109. The predicted octanol–water partition coefficient (Wildman–Crippen LogP) is 4.72. The van der Waals surface area contributed by atoms with E-state index in [0.717, 1.165) is 16.6 Å². The first kappa shape index (κ1) is 15.9. The second-order valence-electron chi connectivity index (χ2n) is 4.57. The van der Waals surface area contributed by atoms with E-state index >= 15 is 0 Å². The van der Waals surface area contributed by atoms with Crippen LogP contribution in [0.15, 0.2) is 46.9 Å². The summed E-state index contributed by atoms with van der Waals surface area (Å²) < 4.78 is 1.04. The molecular weight excluding hydrogens is 352 g/mol. The van der Waals surface area contributed by atoms with Crippen LogP contribution in [-0.4, -0.2) is 12.5 Å². The number of rotatable bonds is 5. The first-order valence-electron chi connectivity index (χ1n) is 6.66. The van der Waals surface area contributed by atoms with E-state index in [1.54, 1.807) is 24.3 Å². The molecule has 2 aromatic carbocycles. The van der Waals surface area contributed by atoms with Gasteiger partial charge in [-0.15, -0.1) is 0 Å². The zero-order valence-corrected chi connectivity index (χ0v) is 14.0. The number of benzene rings is 2. The average Bonchev–Trinajstić information content (AvgIpc) is 2.45. The van der Waals surface area contributed by atoms with Crippen LogP contribution in [0.1, 0.15) is 12.5 Å². The molecule has 5 heteroatoms. The lowest BCUT2D eigenvalue weighted by Crippen LogP contribution is -2.22. The minimum atomic E-state index is -0.109. The molecule has 0 aromatic heterocycles. The molecule has 3 nitrogen and oxygen atoms in total. The van der Waals surface area contributed by atoms with E-state index in [1.807, 2.05) is 12.1 Å². The topological polar surface area (TPSA) is 41.1 Å². The number of carbonyl (C=O) groups excluding carboxylic acids is 1. The van der Waals surface area contributed by atoms with Crippen molar-refractivity contribution in [2.24, 2.45) is 0 Å². The Balaban J connectivity index is 1.95. The van der Waals surface area contributed by atoms with Gasteiger partial charge < -0.3 is 10.6 Å². The molecule has 0 heterocycles. The SMILES string of the molecule is CCc1cc(Br)ccc1NCC(=O)Nc1cccc(Cl)c1. The van der Waals surface area contributed by atoms with Gasteiger partial charge in [0.15, 0.2) is 0 Å². The maximum atomic E-state index is 11.9. The molecule has 0 aliphatic carbocycles. The van der Waals surface area contributed by atoms with Crippen LogP contribution in [0.3, 0.4) is 0 Å². The van der Waals surface area contributed by atoms with Crippen LogP contribution < -0.4 is 10.6 Å². The number of hydrogen-bond acceptors (Lipinski definition) is 2. The van der Waals surface area contributed by atoms with E-state index in [4.69, 9.17) is 11.6 Å². The van der Waals surface area contributed by atoms with Crippen LogP contribution >= 0.6 is 27.5 Å². The molecule has 0 radical (unpaired) electrons. The number of anilines is 2. The molecular formula is C16H16BrClN2O. The number of aryl methyl sites for hydroxylation is 1. The number of carbonyl (C=O) groups is 1. The van der Waals surface area contributed by atoms with Gasteiger partial charge in [0.25, 0.3) is 0 Å². The highest BCUT2D eigenvalue weighted by atomic mass is 79.9. The van der Waals surface area contributed by atoms with Crippen molar-refractivity contribution in [2.75, 3.05) is 17.2 Å². The van der Waals surface area contributed by atoms with Gasteiger partial charge in [0.2, 0.25) is 5.91 Å². The summed E-state index contributed by atoms with van der Waals surface area (Å²) >= 11 is 9.33. The summed E-state index contributed by atoms with van der Waals surface area (Å²) in [5, 5.41) is 6.57. The van der Waals surface area contributed by atoms with Gasteiger partial charge in [-0.1, -0.05) is 40.5 Å². The van der Waals surface area contributed by atoms with E-state index < -0.39 is 0 Å². The number of amides is 1. The lowest BCUT2D eigenvalue weighted by atomic mass is 10.1. The quantitative estimate of drug-likeness (QED) is 0.803. The van der Waals surface area contributed by atoms with E-state index in [9.17, 15) is 4.79 Å². The van der Waals surface area contributed by atoms with Crippen molar-refractivity contribution in [3.05, 3.63) is 57.5 Å². The van der Waals surface area contributed by atoms with E-state index in [-0.39, 0.29) is 12.5 Å². The zero-order chi connectivity index (χ0) is 15.2. The number of nitrogens with one attached hydrogen (secondary N) is 2. The molecule has 0 fully saturated rings. The van der Waals surface area contributed by atoms with Crippen molar-refractivity contribution in [3.63, 3.8) is 0 Å². The van der Waals surface area contributed by atoms with Crippen molar-refractivity contribution in [1.82, 2.24) is 0 Å². The fourth-order valence-corrected chi connectivity index (χ4v) is 2.57. The molecule has 0 saturated carbocycles. The van der Waals surface area contributed by atoms with Gasteiger partial charge in [0, 0.05) is 20.9 Å². The number of halogens is 2. The predicted molar refractivity (Wildman–Crippen MR) is 92.1 cm³/mol. The summed E-state index contributed by atoms with van der Waals surface area (Å²) in [6.45, 7) is 2.29. The summed E-state index contributed by atoms with van der Waals surface area (Å²) in [5.74, 6) is -0.109. The Hall–Kier alpha value is -1.52. The molecule has 0 spiro atoms. The second-order valence-corrected chi connectivity index (χ2v) is 5.92. The normalized spacial score (nSPS) is 10.2. The van der Waals surface area contributed by atoms with Crippen molar-refractivity contribution < 1.29 is 4.79 Å². The third kappa shape index (κ3) is 4.76. The van der Waals surface area contributed by atoms with Gasteiger partial charge in [-0.05, 0) is 48.4 Å². The maximum Gasteiger partial charge on any atom is 0.243 e. The third-order valence-electron chi connectivity index (χ3n) is 3.00. The van der Waals surface area contributed by atoms with Crippen LogP contribution in [-0.2, 0) is 11.2 Å². The highest BCUT2D eigenvalue weighted by Gasteiger charge is 2.05. The maximum absolute atomic E-state index is 11.9. The number of hydrogen-bond donors (Lipinski definition) is 2.